The molecule has 1 aliphatic rings. The summed E-state index contributed by atoms with van der Waals surface area (Å²) < 4.78 is 10.6. The second kappa shape index (κ2) is 4.33. The highest BCUT2D eigenvalue weighted by Crippen LogP contribution is 2.28. The van der Waals surface area contributed by atoms with Crippen molar-refractivity contribution in [1.82, 2.24) is 15.5 Å². The van der Waals surface area contributed by atoms with Crippen LogP contribution in [0.25, 0.3) is 11.6 Å². The molecule has 2 unspecified atom stereocenters. The highest BCUT2D eigenvalue weighted by atomic mass is 16.5. The number of aromatic nitrogens is 2. The van der Waals surface area contributed by atoms with E-state index in [9.17, 15) is 0 Å². The fourth-order valence-electron chi connectivity index (χ4n) is 2.25. The fraction of sp³-hybridized carbons (Fsp3) is 0.500. The van der Waals surface area contributed by atoms with Gasteiger partial charge in [-0.3, -0.25) is 0 Å². The van der Waals surface area contributed by atoms with E-state index >= 15 is 0 Å². The minimum atomic E-state index is 0.167. The van der Waals surface area contributed by atoms with Crippen LogP contribution in [0.5, 0.6) is 0 Å². The third kappa shape index (κ3) is 1.98. The van der Waals surface area contributed by atoms with Gasteiger partial charge in [0.2, 0.25) is 11.7 Å². The summed E-state index contributed by atoms with van der Waals surface area (Å²) >= 11 is 0. The Kier molecular flexibility index (Phi) is 2.68. The van der Waals surface area contributed by atoms with Crippen LogP contribution in [0.4, 0.5) is 0 Å². The Morgan fingerprint density at radius 1 is 1.47 bits per heavy atom. The molecule has 5 heteroatoms. The Bertz CT molecular complexity index is 478. The quantitative estimate of drug-likeness (QED) is 0.862. The zero-order valence-corrected chi connectivity index (χ0v) is 9.72. The lowest BCUT2D eigenvalue weighted by atomic mass is 9.93. The molecule has 1 N–H and O–H groups in total. The molecule has 1 fully saturated rings. The van der Waals surface area contributed by atoms with E-state index in [4.69, 9.17) is 8.94 Å². The van der Waals surface area contributed by atoms with Gasteiger partial charge in [0.05, 0.1) is 12.3 Å². The predicted molar refractivity (Wildman–Crippen MR) is 61.1 cm³/mol. The molecular formula is C12H15N3O2. The monoisotopic (exact) mass is 233 g/mol. The van der Waals surface area contributed by atoms with Crippen molar-refractivity contribution in [1.29, 1.82) is 0 Å². The van der Waals surface area contributed by atoms with Crippen LogP contribution in [-0.2, 0) is 0 Å². The van der Waals surface area contributed by atoms with E-state index < -0.39 is 0 Å². The van der Waals surface area contributed by atoms with Gasteiger partial charge in [0, 0.05) is 0 Å². The van der Waals surface area contributed by atoms with Gasteiger partial charge in [-0.15, -0.1) is 0 Å². The molecule has 0 aliphatic carbocycles. The second-order valence-electron chi connectivity index (χ2n) is 4.48. The molecule has 3 rings (SSSR count). The van der Waals surface area contributed by atoms with E-state index in [0.29, 0.717) is 23.4 Å². The molecule has 1 aliphatic heterocycles. The molecule has 0 aromatic carbocycles. The summed E-state index contributed by atoms with van der Waals surface area (Å²) in [5, 5.41) is 7.37. The van der Waals surface area contributed by atoms with Gasteiger partial charge in [0.15, 0.2) is 5.76 Å². The summed E-state index contributed by atoms with van der Waals surface area (Å²) in [4.78, 5) is 4.39. The Morgan fingerprint density at radius 3 is 3.18 bits per heavy atom. The zero-order chi connectivity index (χ0) is 11.7. The molecule has 17 heavy (non-hydrogen) atoms. The number of rotatable bonds is 2. The van der Waals surface area contributed by atoms with Crippen LogP contribution in [0.3, 0.4) is 0 Å². The third-order valence-corrected chi connectivity index (χ3v) is 3.22. The summed E-state index contributed by atoms with van der Waals surface area (Å²) in [5.41, 5.74) is 0. The van der Waals surface area contributed by atoms with Crippen molar-refractivity contribution in [3.63, 3.8) is 0 Å². The average Bonchev–Trinajstić information content (AvgIpc) is 3.00. The lowest BCUT2D eigenvalue weighted by Gasteiger charge is -2.26. The second-order valence-corrected chi connectivity index (χ2v) is 4.48. The molecular weight excluding hydrogens is 218 g/mol. The van der Waals surface area contributed by atoms with Crippen LogP contribution in [0.15, 0.2) is 27.3 Å². The van der Waals surface area contributed by atoms with Crippen molar-refractivity contribution in [2.24, 2.45) is 5.92 Å². The first-order valence-corrected chi connectivity index (χ1v) is 5.95. The van der Waals surface area contributed by atoms with Crippen molar-refractivity contribution in [2.75, 3.05) is 6.54 Å². The number of furan rings is 1. The van der Waals surface area contributed by atoms with Gasteiger partial charge in [-0.1, -0.05) is 12.1 Å². The van der Waals surface area contributed by atoms with Gasteiger partial charge in [0.25, 0.3) is 0 Å². The molecule has 0 radical (unpaired) electrons. The van der Waals surface area contributed by atoms with Gasteiger partial charge in [-0.05, 0) is 37.4 Å². The lowest BCUT2D eigenvalue weighted by Crippen LogP contribution is -2.33. The van der Waals surface area contributed by atoms with Gasteiger partial charge in [-0.25, -0.2) is 0 Å². The van der Waals surface area contributed by atoms with Crippen LogP contribution >= 0.6 is 0 Å². The Balaban J connectivity index is 1.84. The highest BCUT2D eigenvalue weighted by molar-refractivity contribution is 5.44. The van der Waals surface area contributed by atoms with E-state index in [-0.39, 0.29) is 6.04 Å². The molecule has 0 saturated carbocycles. The first-order chi connectivity index (χ1) is 8.34. The largest absolute Gasteiger partial charge is 0.461 e. The van der Waals surface area contributed by atoms with E-state index in [1.807, 2.05) is 12.1 Å². The maximum Gasteiger partial charge on any atom is 0.244 e. The SMILES string of the molecule is CC1CCCNC1c1nc(-c2ccco2)no1. The van der Waals surface area contributed by atoms with Gasteiger partial charge < -0.3 is 14.3 Å². The molecule has 90 valence electrons. The van der Waals surface area contributed by atoms with E-state index in [2.05, 4.69) is 22.4 Å². The minimum Gasteiger partial charge on any atom is -0.461 e. The average molecular weight is 233 g/mol. The van der Waals surface area contributed by atoms with Crippen LogP contribution in [-0.4, -0.2) is 16.7 Å². The summed E-state index contributed by atoms with van der Waals surface area (Å²) in [6, 6.07) is 3.80. The minimum absolute atomic E-state index is 0.167. The highest BCUT2D eigenvalue weighted by Gasteiger charge is 2.27. The summed E-state index contributed by atoms with van der Waals surface area (Å²) in [7, 11) is 0. The van der Waals surface area contributed by atoms with Crippen molar-refractivity contribution < 1.29 is 8.94 Å². The molecule has 2 aromatic rings. The number of nitrogens with one attached hydrogen (secondary N) is 1. The van der Waals surface area contributed by atoms with Gasteiger partial charge >= 0.3 is 0 Å². The predicted octanol–water partition coefficient (Wildman–Crippen LogP) is 2.39. The molecule has 2 atom stereocenters. The van der Waals surface area contributed by atoms with Crippen LogP contribution < -0.4 is 5.32 Å². The number of hydrogen-bond acceptors (Lipinski definition) is 5. The van der Waals surface area contributed by atoms with E-state index in [1.54, 1.807) is 6.26 Å². The third-order valence-electron chi connectivity index (χ3n) is 3.22. The Hall–Kier alpha value is -1.62. The molecule has 5 nitrogen and oxygen atoms in total. The Labute approximate surface area is 99.2 Å². The number of piperidine rings is 1. The van der Waals surface area contributed by atoms with Crippen molar-refractivity contribution >= 4 is 0 Å². The first kappa shape index (κ1) is 10.5. The number of nitrogens with zero attached hydrogens (tertiary/aromatic N) is 2. The van der Waals surface area contributed by atoms with E-state index in [1.165, 1.54) is 12.8 Å². The molecule has 0 amide bonds. The summed E-state index contributed by atoms with van der Waals surface area (Å²) in [6.45, 7) is 3.21. The van der Waals surface area contributed by atoms with Crippen molar-refractivity contribution in [3.8, 4) is 11.6 Å². The Morgan fingerprint density at radius 2 is 2.41 bits per heavy atom. The van der Waals surface area contributed by atoms with Crippen LogP contribution in [0.1, 0.15) is 31.7 Å². The smallest absolute Gasteiger partial charge is 0.244 e. The molecule has 3 heterocycles. The standard InChI is InChI=1S/C12H15N3O2/c1-8-4-2-6-13-10(8)12-14-11(15-17-12)9-5-3-7-16-9/h3,5,7-8,10,13H,2,4,6H2,1H3. The zero-order valence-electron chi connectivity index (χ0n) is 9.72. The summed E-state index contributed by atoms with van der Waals surface area (Å²) in [5.74, 6) is 2.34. The van der Waals surface area contributed by atoms with Crippen molar-refractivity contribution in [3.05, 3.63) is 24.3 Å². The molecule has 1 saturated heterocycles. The van der Waals surface area contributed by atoms with Crippen molar-refractivity contribution in [2.45, 2.75) is 25.8 Å². The van der Waals surface area contributed by atoms with E-state index in [0.717, 1.165) is 6.54 Å². The summed E-state index contributed by atoms with van der Waals surface area (Å²) in [6.07, 6.45) is 4.00. The molecule has 0 bridgehead atoms. The number of hydrogen-bond donors (Lipinski definition) is 1. The van der Waals surface area contributed by atoms with Crippen LogP contribution in [0, 0.1) is 5.92 Å². The maximum absolute atomic E-state index is 5.31. The maximum atomic E-state index is 5.31. The van der Waals surface area contributed by atoms with Gasteiger partial charge in [0.1, 0.15) is 0 Å². The topological polar surface area (TPSA) is 64.1 Å². The lowest BCUT2D eigenvalue weighted by molar-refractivity contribution is 0.239. The normalized spacial score (nSPS) is 25.0. The molecule has 2 aromatic heterocycles. The first-order valence-electron chi connectivity index (χ1n) is 5.95. The van der Waals surface area contributed by atoms with Crippen LogP contribution in [0.2, 0.25) is 0 Å². The van der Waals surface area contributed by atoms with Gasteiger partial charge in [-0.2, -0.15) is 4.98 Å². The molecule has 0 spiro atoms. The fourth-order valence-corrected chi connectivity index (χ4v) is 2.25.